The van der Waals surface area contributed by atoms with Gasteiger partial charge in [0.05, 0.1) is 5.52 Å². The second-order valence-electron chi connectivity index (χ2n) is 3.24. The smallest absolute Gasteiger partial charge is 0.349 e. The molecule has 0 aliphatic heterocycles. The fourth-order valence-corrected chi connectivity index (χ4v) is 1.67. The van der Waals surface area contributed by atoms with Crippen molar-refractivity contribution in [3.8, 4) is 0 Å². The molecule has 5 nitrogen and oxygen atoms in total. The monoisotopic (exact) mass is 201 g/mol. The fourth-order valence-electron chi connectivity index (χ4n) is 1.67. The van der Waals surface area contributed by atoms with Crippen LogP contribution in [0.5, 0.6) is 0 Å². The van der Waals surface area contributed by atoms with Gasteiger partial charge in [-0.15, -0.1) is 0 Å². The highest BCUT2D eigenvalue weighted by molar-refractivity contribution is 6.05. The first-order chi connectivity index (χ1) is 7.27. The summed E-state index contributed by atoms with van der Waals surface area (Å²) in [6.07, 6.45) is 0. The maximum Gasteiger partial charge on any atom is 0.349 e. The van der Waals surface area contributed by atoms with Gasteiger partial charge in [-0.05, 0) is 12.1 Å². The van der Waals surface area contributed by atoms with Crippen molar-refractivity contribution in [2.45, 2.75) is 0 Å². The SMILES string of the molecule is Nc1n[nH]c2c1c(=O)oc1ccccc12. The Kier molecular flexibility index (Phi) is 1.39. The Labute approximate surface area is 83.5 Å². The van der Waals surface area contributed by atoms with Gasteiger partial charge in [0.15, 0.2) is 5.82 Å². The van der Waals surface area contributed by atoms with Crippen LogP contribution < -0.4 is 11.4 Å². The molecule has 0 unspecified atom stereocenters. The molecule has 0 amide bonds. The molecule has 74 valence electrons. The molecule has 2 heterocycles. The summed E-state index contributed by atoms with van der Waals surface area (Å²) < 4.78 is 5.12. The molecule has 15 heavy (non-hydrogen) atoms. The van der Waals surface area contributed by atoms with E-state index < -0.39 is 5.63 Å². The molecule has 3 rings (SSSR count). The topological polar surface area (TPSA) is 84.9 Å². The molecule has 3 N–H and O–H groups in total. The molecule has 0 saturated carbocycles. The van der Waals surface area contributed by atoms with Crippen LogP contribution >= 0.6 is 0 Å². The van der Waals surface area contributed by atoms with E-state index in [9.17, 15) is 4.79 Å². The predicted molar refractivity (Wildman–Crippen MR) is 56.5 cm³/mol. The van der Waals surface area contributed by atoms with Crippen molar-refractivity contribution < 1.29 is 4.42 Å². The number of nitrogen functional groups attached to an aromatic ring is 1. The Morgan fingerprint density at radius 3 is 3.00 bits per heavy atom. The summed E-state index contributed by atoms with van der Waals surface area (Å²) in [5, 5.41) is 7.65. The van der Waals surface area contributed by atoms with Crippen LogP contribution in [0.3, 0.4) is 0 Å². The third kappa shape index (κ3) is 0.969. The van der Waals surface area contributed by atoms with Crippen LogP contribution in [0, 0.1) is 0 Å². The lowest BCUT2D eigenvalue weighted by atomic mass is 10.2. The van der Waals surface area contributed by atoms with Gasteiger partial charge in [-0.1, -0.05) is 12.1 Å². The van der Waals surface area contributed by atoms with Crippen LogP contribution in [0.15, 0.2) is 33.5 Å². The van der Waals surface area contributed by atoms with Gasteiger partial charge in [-0.25, -0.2) is 4.79 Å². The van der Waals surface area contributed by atoms with E-state index in [-0.39, 0.29) is 5.82 Å². The molecule has 0 spiro atoms. The molecular formula is C10H7N3O2. The highest BCUT2D eigenvalue weighted by atomic mass is 16.4. The molecule has 0 bridgehead atoms. The Morgan fingerprint density at radius 2 is 2.13 bits per heavy atom. The third-order valence-corrected chi connectivity index (χ3v) is 2.36. The van der Waals surface area contributed by atoms with E-state index in [1.54, 1.807) is 12.1 Å². The summed E-state index contributed by atoms with van der Waals surface area (Å²) in [7, 11) is 0. The fraction of sp³-hybridized carbons (Fsp3) is 0. The zero-order valence-corrected chi connectivity index (χ0v) is 7.65. The molecule has 0 aliphatic carbocycles. The molecule has 0 aliphatic rings. The van der Waals surface area contributed by atoms with E-state index in [0.29, 0.717) is 16.5 Å². The van der Waals surface area contributed by atoms with Crippen LogP contribution in [-0.2, 0) is 0 Å². The van der Waals surface area contributed by atoms with E-state index in [4.69, 9.17) is 10.2 Å². The highest BCUT2D eigenvalue weighted by Crippen LogP contribution is 2.22. The van der Waals surface area contributed by atoms with Gasteiger partial charge in [0.1, 0.15) is 11.0 Å². The molecular weight excluding hydrogens is 194 g/mol. The van der Waals surface area contributed by atoms with Gasteiger partial charge in [-0.3, -0.25) is 5.10 Å². The second kappa shape index (κ2) is 2.60. The Hall–Kier alpha value is -2.30. The standard InChI is InChI=1S/C10H7N3O2/c11-9-7-8(12-13-9)5-3-1-2-4-6(5)15-10(7)14/h1-4H,(H3,11,12,13). The summed E-state index contributed by atoms with van der Waals surface area (Å²) in [6, 6.07) is 7.24. The first-order valence-electron chi connectivity index (χ1n) is 4.43. The van der Waals surface area contributed by atoms with E-state index in [0.717, 1.165) is 5.39 Å². The number of H-pyrrole nitrogens is 1. The average Bonchev–Trinajstić information content (AvgIpc) is 2.62. The van der Waals surface area contributed by atoms with Crippen LogP contribution in [0.25, 0.3) is 21.9 Å². The molecule has 0 saturated heterocycles. The first kappa shape index (κ1) is 8.05. The minimum absolute atomic E-state index is 0.171. The summed E-state index contributed by atoms with van der Waals surface area (Å²) in [4.78, 5) is 11.6. The minimum atomic E-state index is -0.463. The maximum atomic E-state index is 11.6. The van der Waals surface area contributed by atoms with E-state index in [1.807, 2.05) is 12.1 Å². The molecule has 1 aromatic carbocycles. The number of hydrogen-bond donors (Lipinski definition) is 2. The number of nitrogens with two attached hydrogens (primary N) is 1. The van der Waals surface area contributed by atoms with E-state index >= 15 is 0 Å². The number of hydrogen-bond acceptors (Lipinski definition) is 4. The van der Waals surface area contributed by atoms with Crippen molar-refractivity contribution >= 4 is 27.7 Å². The van der Waals surface area contributed by atoms with E-state index in [2.05, 4.69) is 10.2 Å². The lowest BCUT2D eigenvalue weighted by Crippen LogP contribution is -2.00. The highest BCUT2D eigenvalue weighted by Gasteiger charge is 2.11. The number of benzene rings is 1. The molecule has 2 aromatic heterocycles. The normalized spacial score (nSPS) is 11.2. The first-order valence-corrected chi connectivity index (χ1v) is 4.43. The van der Waals surface area contributed by atoms with Gasteiger partial charge in [0.2, 0.25) is 0 Å². The summed E-state index contributed by atoms with van der Waals surface area (Å²) in [5.41, 5.74) is 6.25. The van der Waals surface area contributed by atoms with Crippen LogP contribution in [0.2, 0.25) is 0 Å². The van der Waals surface area contributed by atoms with Crippen molar-refractivity contribution in [1.82, 2.24) is 10.2 Å². The Bertz CT molecular complexity index is 711. The molecule has 5 heteroatoms. The van der Waals surface area contributed by atoms with E-state index in [1.165, 1.54) is 0 Å². The van der Waals surface area contributed by atoms with Gasteiger partial charge in [-0.2, -0.15) is 5.10 Å². The van der Waals surface area contributed by atoms with Gasteiger partial charge >= 0.3 is 5.63 Å². The lowest BCUT2D eigenvalue weighted by Gasteiger charge is -1.96. The average molecular weight is 201 g/mol. The lowest BCUT2D eigenvalue weighted by molar-refractivity contribution is 0.570. The second-order valence-corrected chi connectivity index (χ2v) is 3.24. The molecule has 0 fully saturated rings. The zero-order valence-electron chi connectivity index (χ0n) is 7.65. The Morgan fingerprint density at radius 1 is 1.33 bits per heavy atom. The van der Waals surface area contributed by atoms with Gasteiger partial charge < -0.3 is 10.2 Å². The number of fused-ring (bicyclic) bond motifs is 3. The van der Waals surface area contributed by atoms with Crippen molar-refractivity contribution in [2.24, 2.45) is 0 Å². The largest absolute Gasteiger partial charge is 0.422 e. The summed E-state index contributed by atoms with van der Waals surface area (Å²) in [5.74, 6) is 0.171. The number of nitrogens with one attached hydrogen (secondary N) is 1. The number of anilines is 1. The Balaban J connectivity index is 2.71. The van der Waals surface area contributed by atoms with Gasteiger partial charge in [0, 0.05) is 5.39 Å². The van der Waals surface area contributed by atoms with Crippen LogP contribution in [-0.4, -0.2) is 10.2 Å². The van der Waals surface area contributed by atoms with Crippen molar-refractivity contribution in [1.29, 1.82) is 0 Å². The number of rotatable bonds is 0. The van der Waals surface area contributed by atoms with Crippen molar-refractivity contribution in [2.75, 3.05) is 5.73 Å². The molecule has 0 atom stereocenters. The van der Waals surface area contributed by atoms with Crippen LogP contribution in [0.1, 0.15) is 0 Å². The number of nitrogens with zero attached hydrogens (tertiary/aromatic N) is 1. The zero-order chi connectivity index (χ0) is 10.4. The van der Waals surface area contributed by atoms with Gasteiger partial charge in [0.25, 0.3) is 0 Å². The van der Waals surface area contributed by atoms with Crippen molar-refractivity contribution in [3.05, 3.63) is 34.7 Å². The minimum Gasteiger partial charge on any atom is -0.422 e. The molecule has 3 aromatic rings. The molecule has 0 radical (unpaired) electrons. The predicted octanol–water partition coefficient (Wildman–Crippen LogP) is 1.25. The maximum absolute atomic E-state index is 11.6. The number of aromatic nitrogens is 2. The van der Waals surface area contributed by atoms with Crippen molar-refractivity contribution in [3.63, 3.8) is 0 Å². The summed E-state index contributed by atoms with van der Waals surface area (Å²) in [6.45, 7) is 0. The quantitative estimate of drug-likeness (QED) is 0.536. The number of aromatic amines is 1. The summed E-state index contributed by atoms with van der Waals surface area (Å²) >= 11 is 0. The number of para-hydroxylation sites is 1. The third-order valence-electron chi connectivity index (χ3n) is 2.36. The van der Waals surface area contributed by atoms with Crippen LogP contribution in [0.4, 0.5) is 5.82 Å².